The van der Waals surface area contributed by atoms with Gasteiger partial charge in [0.25, 0.3) is 0 Å². The quantitative estimate of drug-likeness (QED) is 0.621. The summed E-state index contributed by atoms with van der Waals surface area (Å²) in [5.41, 5.74) is 0.872. The number of hydrogen-bond donors (Lipinski definition) is 0. The zero-order chi connectivity index (χ0) is 16.6. The number of ketones is 1. The van der Waals surface area contributed by atoms with E-state index in [1.165, 1.54) is 7.11 Å². The molecule has 1 saturated heterocycles. The van der Waals surface area contributed by atoms with Crippen LogP contribution >= 0.6 is 11.6 Å². The molecule has 120 valence electrons. The van der Waals surface area contributed by atoms with Crippen LogP contribution in [0, 0.1) is 5.92 Å². The largest absolute Gasteiger partial charge is 0.468 e. The smallest absolute Gasteiger partial charge is 0.318 e. The van der Waals surface area contributed by atoms with Gasteiger partial charge < -0.3 is 9.47 Å². The number of carbonyl (C=O) groups is 2. The summed E-state index contributed by atoms with van der Waals surface area (Å²) in [5, 5.41) is 2.50. The minimum atomic E-state index is -0.860. The van der Waals surface area contributed by atoms with Crippen LogP contribution in [0.3, 0.4) is 0 Å². The molecule has 0 aromatic heterocycles. The number of benzene rings is 2. The first-order valence-electron chi connectivity index (χ1n) is 7.46. The monoisotopic (exact) mass is 332 g/mol. The molecular formula is C18H17ClO4. The maximum absolute atomic E-state index is 12.4. The van der Waals surface area contributed by atoms with E-state index >= 15 is 0 Å². The number of halogens is 1. The summed E-state index contributed by atoms with van der Waals surface area (Å²) in [6.45, 7) is 1.72. The number of Topliss-reactive ketones (excluding diaryl/α,β-unsaturated/α-hetero) is 1. The zero-order valence-electron chi connectivity index (χ0n) is 12.9. The molecule has 3 rings (SSSR count). The van der Waals surface area contributed by atoms with Crippen LogP contribution in [-0.4, -0.2) is 25.0 Å². The molecule has 0 aliphatic carbocycles. The molecule has 0 saturated carbocycles. The molecule has 0 radical (unpaired) electrons. The SMILES string of the molecule is COC(=O)C1C(=O)CC(c2cccc3cccc(Cl)c23)OC1C. The number of fused-ring (bicyclic) bond motifs is 1. The molecule has 0 N–H and O–H groups in total. The van der Waals surface area contributed by atoms with Crippen LogP contribution in [-0.2, 0) is 19.1 Å². The van der Waals surface area contributed by atoms with Crippen molar-refractivity contribution in [1.29, 1.82) is 0 Å². The second-order valence-electron chi connectivity index (χ2n) is 5.69. The highest BCUT2D eigenvalue weighted by atomic mass is 35.5. The molecule has 23 heavy (non-hydrogen) atoms. The lowest BCUT2D eigenvalue weighted by atomic mass is 9.87. The van der Waals surface area contributed by atoms with E-state index in [2.05, 4.69) is 0 Å². The van der Waals surface area contributed by atoms with Gasteiger partial charge in [0, 0.05) is 16.8 Å². The van der Waals surface area contributed by atoms with Crippen molar-refractivity contribution >= 4 is 34.1 Å². The predicted molar refractivity (Wildman–Crippen MR) is 87.4 cm³/mol. The molecule has 0 amide bonds. The highest BCUT2D eigenvalue weighted by Crippen LogP contribution is 2.38. The Morgan fingerprint density at radius 3 is 2.61 bits per heavy atom. The van der Waals surface area contributed by atoms with Crippen LogP contribution in [0.4, 0.5) is 0 Å². The third kappa shape index (κ3) is 2.84. The van der Waals surface area contributed by atoms with Gasteiger partial charge in [0.05, 0.1) is 19.3 Å². The fourth-order valence-electron chi connectivity index (χ4n) is 3.18. The summed E-state index contributed by atoms with van der Waals surface area (Å²) in [7, 11) is 1.28. The lowest BCUT2D eigenvalue weighted by Crippen LogP contribution is -2.41. The van der Waals surface area contributed by atoms with Gasteiger partial charge in [-0.05, 0) is 23.9 Å². The Morgan fingerprint density at radius 1 is 1.26 bits per heavy atom. The first kappa shape index (κ1) is 16.0. The average Bonchev–Trinajstić information content (AvgIpc) is 2.53. The van der Waals surface area contributed by atoms with E-state index in [9.17, 15) is 9.59 Å². The molecule has 1 aliphatic heterocycles. The summed E-state index contributed by atoms with van der Waals surface area (Å²) >= 11 is 6.34. The Balaban J connectivity index is 1.99. The minimum absolute atomic E-state index is 0.133. The van der Waals surface area contributed by atoms with E-state index in [0.717, 1.165) is 16.3 Å². The molecule has 4 nitrogen and oxygen atoms in total. The van der Waals surface area contributed by atoms with Gasteiger partial charge in [0.1, 0.15) is 5.92 Å². The Morgan fingerprint density at radius 2 is 1.96 bits per heavy atom. The first-order valence-corrected chi connectivity index (χ1v) is 7.84. The fraction of sp³-hybridized carbons (Fsp3) is 0.333. The van der Waals surface area contributed by atoms with E-state index in [4.69, 9.17) is 21.1 Å². The number of ether oxygens (including phenoxy) is 2. The fourth-order valence-corrected chi connectivity index (χ4v) is 3.47. The number of rotatable bonds is 2. The van der Waals surface area contributed by atoms with Crippen LogP contribution in [0.15, 0.2) is 36.4 Å². The second kappa shape index (κ2) is 6.30. The third-order valence-corrected chi connectivity index (χ3v) is 4.58. The topological polar surface area (TPSA) is 52.6 Å². The molecule has 5 heteroatoms. The van der Waals surface area contributed by atoms with Gasteiger partial charge >= 0.3 is 5.97 Å². The molecule has 3 unspecified atom stereocenters. The maximum Gasteiger partial charge on any atom is 0.318 e. The van der Waals surface area contributed by atoms with Gasteiger partial charge in [-0.2, -0.15) is 0 Å². The predicted octanol–water partition coefficient (Wildman–Crippen LogP) is 3.70. The van der Waals surface area contributed by atoms with Crippen LogP contribution in [0.25, 0.3) is 10.8 Å². The van der Waals surface area contributed by atoms with Crippen LogP contribution in [0.5, 0.6) is 0 Å². The molecule has 3 atom stereocenters. The van der Waals surface area contributed by atoms with Gasteiger partial charge in [-0.3, -0.25) is 9.59 Å². The Hall–Kier alpha value is -1.91. The van der Waals surface area contributed by atoms with Crippen molar-refractivity contribution in [3.63, 3.8) is 0 Å². The van der Waals surface area contributed by atoms with Crippen molar-refractivity contribution in [3.05, 3.63) is 47.0 Å². The number of hydrogen-bond acceptors (Lipinski definition) is 4. The molecule has 1 heterocycles. The van der Waals surface area contributed by atoms with E-state index in [1.807, 2.05) is 36.4 Å². The standard InChI is InChI=1S/C18H17ClO4/c1-10-16(18(21)22-2)14(20)9-15(23-10)12-7-3-5-11-6-4-8-13(19)17(11)12/h3-8,10,15-16H,9H2,1-2H3. The first-order chi connectivity index (χ1) is 11.0. The summed E-state index contributed by atoms with van der Waals surface area (Å²) < 4.78 is 10.7. The number of esters is 1. The summed E-state index contributed by atoms with van der Waals surface area (Å²) in [6.07, 6.45) is -0.817. The van der Waals surface area contributed by atoms with Crippen LogP contribution < -0.4 is 0 Å². The summed E-state index contributed by atoms with van der Waals surface area (Å²) in [5.74, 6) is -1.57. The third-order valence-electron chi connectivity index (χ3n) is 4.27. The molecule has 0 bridgehead atoms. The summed E-state index contributed by atoms with van der Waals surface area (Å²) in [4.78, 5) is 24.1. The van der Waals surface area contributed by atoms with Gasteiger partial charge in [-0.25, -0.2) is 0 Å². The van der Waals surface area contributed by atoms with E-state index < -0.39 is 24.1 Å². The van der Waals surface area contributed by atoms with Gasteiger partial charge in [-0.15, -0.1) is 0 Å². The molecule has 2 aromatic carbocycles. The van der Waals surface area contributed by atoms with Crippen molar-refractivity contribution in [2.24, 2.45) is 5.92 Å². The molecule has 1 fully saturated rings. The zero-order valence-corrected chi connectivity index (χ0v) is 13.7. The maximum atomic E-state index is 12.4. The number of carbonyl (C=O) groups excluding carboxylic acids is 2. The summed E-state index contributed by atoms with van der Waals surface area (Å²) in [6, 6.07) is 11.5. The average molecular weight is 333 g/mol. The highest BCUT2D eigenvalue weighted by molar-refractivity contribution is 6.35. The second-order valence-corrected chi connectivity index (χ2v) is 6.09. The number of methoxy groups -OCH3 is 1. The molecule has 0 spiro atoms. The normalized spacial score (nSPS) is 24.7. The van der Waals surface area contributed by atoms with Gasteiger partial charge in [0.15, 0.2) is 5.78 Å². The van der Waals surface area contributed by atoms with Crippen molar-refractivity contribution in [1.82, 2.24) is 0 Å². The van der Waals surface area contributed by atoms with Crippen molar-refractivity contribution in [3.8, 4) is 0 Å². The molecular weight excluding hydrogens is 316 g/mol. The van der Waals surface area contributed by atoms with Crippen LogP contribution in [0.2, 0.25) is 5.02 Å². The minimum Gasteiger partial charge on any atom is -0.468 e. The highest BCUT2D eigenvalue weighted by Gasteiger charge is 2.41. The van der Waals surface area contributed by atoms with Crippen molar-refractivity contribution in [2.75, 3.05) is 7.11 Å². The van der Waals surface area contributed by atoms with E-state index in [-0.39, 0.29) is 12.2 Å². The van der Waals surface area contributed by atoms with Gasteiger partial charge in [0.2, 0.25) is 0 Å². The van der Waals surface area contributed by atoms with Crippen molar-refractivity contribution < 1.29 is 19.1 Å². The van der Waals surface area contributed by atoms with E-state index in [1.54, 1.807) is 6.92 Å². The Kier molecular flexibility index (Phi) is 4.37. The van der Waals surface area contributed by atoms with Crippen molar-refractivity contribution in [2.45, 2.75) is 25.6 Å². The Labute approximate surface area is 139 Å². The molecule has 2 aromatic rings. The van der Waals surface area contributed by atoms with Crippen LogP contribution in [0.1, 0.15) is 25.0 Å². The Bertz CT molecular complexity index is 765. The van der Waals surface area contributed by atoms with E-state index in [0.29, 0.717) is 5.02 Å². The lowest BCUT2D eigenvalue weighted by molar-refractivity contribution is -0.165. The van der Waals surface area contributed by atoms with Gasteiger partial charge in [-0.1, -0.05) is 41.9 Å². The lowest BCUT2D eigenvalue weighted by Gasteiger charge is -2.32. The molecule has 1 aliphatic rings.